The molecule has 0 radical (unpaired) electrons. The van der Waals surface area contributed by atoms with E-state index in [0.29, 0.717) is 0 Å². The minimum atomic E-state index is -2.40. The third-order valence-electron chi connectivity index (χ3n) is 7.65. The van der Waals surface area contributed by atoms with Crippen molar-refractivity contribution in [3.8, 4) is 0 Å². The summed E-state index contributed by atoms with van der Waals surface area (Å²) in [6.45, 7) is 4.68. The van der Waals surface area contributed by atoms with Gasteiger partial charge in [0, 0.05) is 0 Å². The summed E-state index contributed by atoms with van der Waals surface area (Å²) in [7, 11) is 0. The number of benzene rings is 2. The van der Waals surface area contributed by atoms with Crippen LogP contribution in [0.5, 0.6) is 0 Å². The standard InChI is InChI=1S/2C13H15.C2H4.Zr/c2*1-2-3-6-11-9-12-7-4-5-8-13(12)10-11;1-2;/h2*4-5,7-10H,2-3,6H2,1H3;1-2H2;. The molecule has 2 aromatic rings. The molecule has 1 saturated heterocycles. The molecule has 1 heterocycles. The predicted octanol–water partition coefficient (Wildman–Crippen LogP) is 8.65. The molecule has 0 N–H and O–H groups in total. The summed E-state index contributed by atoms with van der Waals surface area (Å²) in [4.78, 5) is 0. The fourth-order valence-electron chi connectivity index (χ4n) is 6.22. The first-order valence-corrected chi connectivity index (χ1v) is 18.2. The van der Waals surface area contributed by atoms with Gasteiger partial charge in [-0.3, -0.25) is 0 Å². The molecule has 2 aliphatic carbocycles. The zero-order valence-corrected chi connectivity index (χ0v) is 20.5. The van der Waals surface area contributed by atoms with Crippen molar-refractivity contribution in [3.05, 3.63) is 81.9 Å². The maximum atomic E-state index is 2.60. The Labute approximate surface area is 181 Å². The summed E-state index contributed by atoms with van der Waals surface area (Å²) in [6, 6.07) is 18.8. The Morgan fingerprint density at radius 1 is 0.690 bits per heavy atom. The molecule has 0 bridgehead atoms. The van der Waals surface area contributed by atoms with Crippen LogP contribution in [0.25, 0.3) is 12.2 Å². The molecule has 0 saturated carbocycles. The van der Waals surface area contributed by atoms with Crippen molar-refractivity contribution >= 4 is 12.2 Å². The van der Waals surface area contributed by atoms with Crippen LogP contribution in [0.3, 0.4) is 0 Å². The monoisotopic (exact) mass is 460 g/mol. The van der Waals surface area contributed by atoms with Gasteiger partial charge in [0.1, 0.15) is 0 Å². The van der Waals surface area contributed by atoms with Crippen molar-refractivity contribution in [2.75, 3.05) is 0 Å². The number of rotatable bonds is 8. The fourth-order valence-corrected chi connectivity index (χ4v) is 23.9. The molecular formula is C28H34Zr. The first-order chi connectivity index (χ1) is 14.3. The van der Waals surface area contributed by atoms with E-state index >= 15 is 0 Å². The van der Waals surface area contributed by atoms with E-state index in [2.05, 4.69) is 74.5 Å². The first-order valence-electron chi connectivity index (χ1n) is 11.9. The molecule has 2 aromatic carbocycles. The average Bonchev–Trinajstić information content (AvgIpc) is 3.30. The van der Waals surface area contributed by atoms with E-state index in [1.807, 2.05) is 0 Å². The predicted molar refractivity (Wildman–Crippen MR) is 123 cm³/mol. The van der Waals surface area contributed by atoms with Gasteiger partial charge < -0.3 is 0 Å². The topological polar surface area (TPSA) is 0 Å². The van der Waals surface area contributed by atoms with Crippen LogP contribution < -0.4 is 0 Å². The van der Waals surface area contributed by atoms with Gasteiger partial charge in [0.2, 0.25) is 0 Å². The Morgan fingerprint density at radius 3 is 1.55 bits per heavy atom. The number of hydrogen-bond acceptors (Lipinski definition) is 0. The minimum absolute atomic E-state index is 0.827. The normalized spacial score (nSPS) is 23.4. The van der Waals surface area contributed by atoms with Gasteiger partial charge in [-0.15, -0.1) is 0 Å². The molecule has 29 heavy (non-hydrogen) atoms. The second kappa shape index (κ2) is 8.15. The average molecular weight is 462 g/mol. The van der Waals surface area contributed by atoms with Crippen LogP contribution in [0.1, 0.15) is 81.9 Å². The van der Waals surface area contributed by atoms with Gasteiger partial charge in [-0.1, -0.05) is 0 Å². The number of fused-ring (bicyclic) bond motifs is 2. The number of hydrogen-bond donors (Lipinski definition) is 0. The molecule has 1 aliphatic heterocycles. The van der Waals surface area contributed by atoms with Crippen LogP contribution in [0, 0.1) is 0 Å². The molecule has 3 aliphatic rings. The van der Waals surface area contributed by atoms with Gasteiger partial charge in [0.05, 0.1) is 0 Å². The third-order valence-corrected chi connectivity index (χ3v) is 20.7. The van der Waals surface area contributed by atoms with Crippen LogP contribution in [-0.2, 0) is 20.3 Å². The zero-order chi connectivity index (χ0) is 19.8. The molecule has 1 fully saturated rings. The second-order valence-electron chi connectivity index (χ2n) is 9.50. The van der Waals surface area contributed by atoms with Gasteiger partial charge in [-0.2, -0.15) is 0 Å². The molecule has 150 valence electrons. The van der Waals surface area contributed by atoms with E-state index in [4.69, 9.17) is 0 Å². The Kier molecular flexibility index (Phi) is 5.55. The van der Waals surface area contributed by atoms with Crippen LogP contribution in [0.15, 0.2) is 59.7 Å². The summed E-state index contributed by atoms with van der Waals surface area (Å²) in [5.74, 6) is 0. The molecule has 0 amide bonds. The maximum absolute atomic E-state index is 2.60. The van der Waals surface area contributed by atoms with E-state index in [-0.39, 0.29) is 0 Å². The van der Waals surface area contributed by atoms with Gasteiger partial charge in [-0.25, -0.2) is 0 Å². The molecular weight excluding hydrogens is 428 g/mol. The summed E-state index contributed by atoms with van der Waals surface area (Å²) in [5.41, 5.74) is 10.1. The van der Waals surface area contributed by atoms with Crippen molar-refractivity contribution in [2.24, 2.45) is 0 Å². The summed E-state index contributed by atoms with van der Waals surface area (Å²) in [6.07, 6.45) is 13.1. The van der Waals surface area contributed by atoms with Gasteiger partial charge in [0.15, 0.2) is 0 Å². The summed E-state index contributed by atoms with van der Waals surface area (Å²) in [5, 5.41) is 0. The van der Waals surface area contributed by atoms with Crippen molar-refractivity contribution in [1.82, 2.24) is 0 Å². The summed E-state index contributed by atoms with van der Waals surface area (Å²) < 4.78 is 4.82. The Morgan fingerprint density at radius 2 is 1.14 bits per heavy atom. The van der Waals surface area contributed by atoms with E-state index in [1.54, 1.807) is 30.5 Å². The van der Waals surface area contributed by atoms with Gasteiger partial charge >= 0.3 is 182 Å². The zero-order valence-electron chi connectivity index (χ0n) is 18.1. The van der Waals surface area contributed by atoms with Crippen LogP contribution in [0.4, 0.5) is 0 Å². The van der Waals surface area contributed by atoms with E-state index < -0.39 is 20.3 Å². The molecule has 2 atom stereocenters. The molecule has 0 spiro atoms. The second-order valence-corrected chi connectivity index (χ2v) is 20.9. The number of unbranched alkanes of at least 4 members (excludes halogenated alkanes) is 2. The van der Waals surface area contributed by atoms with Crippen LogP contribution in [-0.4, -0.2) is 0 Å². The van der Waals surface area contributed by atoms with Gasteiger partial charge in [-0.05, 0) is 0 Å². The number of allylic oxidation sites excluding steroid dienone is 2. The molecule has 0 aromatic heterocycles. The van der Waals surface area contributed by atoms with Crippen LogP contribution >= 0.6 is 0 Å². The fraction of sp³-hybridized carbons (Fsp3) is 0.429. The first kappa shape index (κ1) is 19.7. The van der Waals surface area contributed by atoms with Crippen LogP contribution in [0.2, 0.25) is 8.26 Å². The molecule has 1 heteroatoms. The quantitative estimate of drug-likeness (QED) is 0.369. The van der Waals surface area contributed by atoms with Crippen molar-refractivity contribution < 1.29 is 20.3 Å². The summed E-state index contributed by atoms with van der Waals surface area (Å²) >= 11 is -2.40. The Hall–Kier alpha value is -1.20. The van der Waals surface area contributed by atoms with Gasteiger partial charge in [0.25, 0.3) is 0 Å². The van der Waals surface area contributed by atoms with E-state index in [1.165, 1.54) is 49.7 Å². The Balaban J connectivity index is 1.58. The molecule has 2 unspecified atom stereocenters. The van der Waals surface area contributed by atoms with Crippen molar-refractivity contribution in [1.29, 1.82) is 0 Å². The third kappa shape index (κ3) is 3.38. The molecule has 0 nitrogen and oxygen atoms in total. The van der Waals surface area contributed by atoms with Crippen molar-refractivity contribution in [2.45, 2.75) is 67.9 Å². The molecule has 5 rings (SSSR count). The SMILES string of the molecule is CCCCC1=Cc2ccccc2[CH]1[Zr]1([CH]2C(CCCC)=Cc3ccccc32)[CH2][CH2]1. The van der Waals surface area contributed by atoms with Crippen molar-refractivity contribution in [3.63, 3.8) is 0 Å². The van der Waals surface area contributed by atoms with E-state index in [9.17, 15) is 0 Å². The van der Waals surface area contributed by atoms with E-state index in [0.717, 1.165) is 7.25 Å². The Bertz CT molecular complexity index is 884.